The fraction of sp³-hybridized carbons (Fsp3) is 0.529. The van der Waals surface area contributed by atoms with Crippen molar-refractivity contribution >= 4 is 27.8 Å². The summed E-state index contributed by atoms with van der Waals surface area (Å²) in [5.74, 6) is 0.892. The van der Waals surface area contributed by atoms with Crippen LogP contribution in [-0.2, 0) is 11.2 Å². The third-order valence-corrected chi connectivity index (χ3v) is 4.31. The lowest BCUT2D eigenvalue weighted by Crippen LogP contribution is -2.42. The van der Waals surface area contributed by atoms with Gasteiger partial charge in [0.15, 0.2) is 5.96 Å². The summed E-state index contributed by atoms with van der Waals surface area (Å²) >= 11 is 3.25. The van der Waals surface area contributed by atoms with Crippen molar-refractivity contribution in [3.8, 4) is 0 Å². The van der Waals surface area contributed by atoms with Gasteiger partial charge in [-0.1, -0.05) is 22.0 Å². The fourth-order valence-corrected chi connectivity index (χ4v) is 2.62. The average Bonchev–Trinajstić information content (AvgIpc) is 3.39. The predicted octanol–water partition coefficient (Wildman–Crippen LogP) is 2.21. The molecule has 132 valence electrons. The number of carbonyl (C=O) groups is 1. The third-order valence-electron chi connectivity index (χ3n) is 3.82. The molecule has 0 saturated heterocycles. The Labute approximate surface area is 150 Å². The van der Waals surface area contributed by atoms with E-state index in [1.54, 1.807) is 13.1 Å². The minimum Gasteiger partial charge on any atom is -0.356 e. The molecule has 1 fully saturated rings. The van der Waals surface area contributed by atoms with Crippen LogP contribution in [0.15, 0.2) is 27.7 Å². The fourth-order valence-electron chi connectivity index (χ4n) is 2.29. The van der Waals surface area contributed by atoms with Crippen molar-refractivity contribution in [3.63, 3.8) is 0 Å². The van der Waals surface area contributed by atoms with Crippen molar-refractivity contribution in [3.05, 3.63) is 34.1 Å². The molecule has 0 unspecified atom stereocenters. The van der Waals surface area contributed by atoms with E-state index < -0.39 is 0 Å². The van der Waals surface area contributed by atoms with E-state index in [1.165, 1.54) is 6.07 Å². The van der Waals surface area contributed by atoms with Gasteiger partial charge in [0.05, 0.1) is 0 Å². The topological polar surface area (TPSA) is 65.5 Å². The summed E-state index contributed by atoms with van der Waals surface area (Å²) in [5.41, 5.74) is 0.714. The summed E-state index contributed by atoms with van der Waals surface area (Å²) < 4.78 is 14.5. The molecular formula is C17H24BrFN4O. The predicted molar refractivity (Wildman–Crippen MR) is 97.5 cm³/mol. The maximum atomic E-state index is 13.7. The molecule has 1 aliphatic carbocycles. The molecule has 0 spiro atoms. The molecule has 0 atom stereocenters. The number of nitrogens with one attached hydrogen (secondary N) is 3. The van der Waals surface area contributed by atoms with E-state index >= 15 is 0 Å². The van der Waals surface area contributed by atoms with Gasteiger partial charge in [0, 0.05) is 37.1 Å². The van der Waals surface area contributed by atoms with Crippen LogP contribution in [0, 0.1) is 11.7 Å². The highest BCUT2D eigenvalue weighted by Crippen LogP contribution is 2.28. The summed E-state index contributed by atoms with van der Waals surface area (Å²) in [6, 6.07) is 5.14. The zero-order valence-electron chi connectivity index (χ0n) is 13.9. The van der Waals surface area contributed by atoms with Crippen molar-refractivity contribution in [2.75, 3.05) is 26.7 Å². The average molecular weight is 399 g/mol. The van der Waals surface area contributed by atoms with Crippen LogP contribution in [0.4, 0.5) is 4.39 Å². The normalized spacial score (nSPS) is 14.4. The third kappa shape index (κ3) is 6.47. The van der Waals surface area contributed by atoms with Crippen LogP contribution in [0.1, 0.15) is 24.8 Å². The van der Waals surface area contributed by atoms with Gasteiger partial charge in [0.25, 0.3) is 0 Å². The van der Waals surface area contributed by atoms with E-state index in [4.69, 9.17) is 0 Å². The SMILES string of the molecule is CN=C(NCCCc1ccc(Br)cc1F)NCCNC(=O)C1CC1. The van der Waals surface area contributed by atoms with Crippen LogP contribution in [0.25, 0.3) is 0 Å². The standard InChI is InChI=1S/C17H24BrFN4O/c1-20-17(23-10-9-21-16(24)13-4-5-13)22-8-2-3-12-6-7-14(18)11-15(12)19/h6-7,11,13H,2-5,8-10H2,1H3,(H,21,24)(H2,20,22,23). The second-order valence-electron chi connectivity index (χ2n) is 5.83. The monoisotopic (exact) mass is 398 g/mol. The number of hydrogen-bond donors (Lipinski definition) is 3. The molecule has 3 N–H and O–H groups in total. The van der Waals surface area contributed by atoms with Crippen molar-refractivity contribution in [2.45, 2.75) is 25.7 Å². The summed E-state index contributed by atoms with van der Waals surface area (Å²) in [5, 5.41) is 9.23. The minimum atomic E-state index is -0.182. The van der Waals surface area contributed by atoms with Crippen LogP contribution in [0.3, 0.4) is 0 Å². The van der Waals surface area contributed by atoms with E-state index in [0.29, 0.717) is 37.6 Å². The molecule has 0 heterocycles. The van der Waals surface area contributed by atoms with Gasteiger partial charge >= 0.3 is 0 Å². The molecule has 0 aliphatic heterocycles. The van der Waals surface area contributed by atoms with E-state index in [-0.39, 0.29) is 17.6 Å². The Hall–Kier alpha value is -1.63. The molecule has 1 saturated carbocycles. The first-order valence-corrected chi connectivity index (χ1v) is 9.05. The Morgan fingerprint density at radius 2 is 1.96 bits per heavy atom. The van der Waals surface area contributed by atoms with Crippen LogP contribution in [-0.4, -0.2) is 38.5 Å². The van der Waals surface area contributed by atoms with Crippen LogP contribution in [0.5, 0.6) is 0 Å². The molecule has 24 heavy (non-hydrogen) atoms. The molecule has 5 nitrogen and oxygen atoms in total. The number of carbonyl (C=O) groups excluding carboxylic acids is 1. The quantitative estimate of drug-likeness (QED) is 0.357. The molecule has 7 heteroatoms. The molecule has 1 amide bonds. The van der Waals surface area contributed by atoms with Gasteiger partial charge in [0.1, 0.15) is 5.82 Å². The van der Waals surface area contributed by atoms with E-state index in [9.17, 15) is 9.18 Å². The highest BCUT2D eigenvalue weighted by molar-refractivity contribution is 9.10. The van der Waals surface area contributed by atoms with Crippen LogP contribution >= 0.6 is 15.9 Å². The Kier molecular flexibility index (Phi) is 7.49. The maximum Gasteiger partial charge on any atom is 0.223 e. The summed E-state index contributed by atoms with van der Waals surface area (Å²) in [4.78, 5) is 15.6. The Morgan fingerprint density at radius 3 is 2.62 bits per heavy atom. The first-order valence-electron chi connectivity index (χ1n) is 8.26. The van der Waals surface area contributed by atoms with Gasteiger partial charge in [-0.05, 0) is 43.4 Å². The number of nitrogens with zero attached hydrogens (tertiary/aromatic N) is 1. The zero-order chi connectivity index (χ0) is 17.4. The number of rotatable bonds is 8. The second kappa shape index (κ2) is 9.61. The number of aryl methyl sites for hydroxylation is 1. The van der Waals surface area contributed by atoms with Gasteiger partial charge < -0.3 is 16.0 Å². The summed E-state index contributed by atoms with van der Waals surface area (Å²) in [6.07, 6.45) is 3.50. The largest absolute Gasteiger partial charge is 0.356 e. The number of halogens is 2. The lowest BCUT2D eigenvalue weighted by molar-refractivity contribution is -0.122. The molecule has 1 aromatic carbocycles. The Morgan fingerprint density at radius 1 is 1.25 bits per heavy atom. The van der Waals surface area contributed by atoms with Gasteiger partial charge in [0.2, 0.25) is 5.91 Å². The van der Waals surface area contributed by atoms with Crippen molar-refractivity contribution in [1.29, 1.82) is 0 Å². The molecule has 0 aromatic heterocycles. The van der Waals surface area contributed by atoms with Crippen LogP contribution < -0.4 is 16.0 Å². The van der Waals surface area contributed by atoms with Crippen LogP contribution in [0.2, 0.25) is 0 Å². The molecule has 1 aliphatic rings. The van der Waals surface area contributed by atoms with Crippen molar-refractivity contribution in [1.82, 2.24) is 16.0 Å². The van der Waals surface area contributed by atoms with Gasteiger partial charge in [-0.25, -0.2) is 4.39 Å². The number of guanidine groups is 1. The molecule has 0 radical (unpaired) electrons. The molecule has 1 aromatic rings. The van der Waals surface area contributed by atoms with E-state index in [2.05, 4.69) is 36.9 Å². The second-order valence-corrected chi connectivity index (χ2v) is 6.75. The van der Waals surface area contributed by atoms with E-state index in [0.717, 1.165) is 23.7 Å². The number of aliphatic imine (C=N–C) groups is 1. The van der Waals surface area contributed by atoms with Gasteiger partial charge in [-0.2, -0.15) is 0 Å². The Balaban J connectivity index is 1.58. The minimum absolute atomic E-state index is 0.149. The first kappa shape index (κ1) is 18.7. The first-order chi connectivity index (χ1) is 11.6. The van der Waals surface area contributed by atoms with Crippen molar-refractivity contribution < 1.29 is 9.18 Å². The highest BCUT2D eigenvalue weighted by atomic mass is 79.9. The summed E-state index contributed by atoms with van der Waals surface area (Å²) in [6.45, 7) is 1.91. The number of amides is 1. The van der Waals surface area contributed by atoms with Gasteiger partial charge in [-0.3, -0.25) is 9.79 Å². The number of benzene rings is 1. The van der Waals surface area contributed by atoms with E-state index in [1.807, 2.05) is 6.07 Å². The van der Waals surface area contributed by atoms with Crippen molar-refractivity contribution in [2.24, 2.45) is 10.9 Å². The summed E-state index contributed by atoms with van der Waals surface area (Å²) in [7, 11) is 1.70. The highest BCUT2D eigenvalue weighted by Gasteiger charge is 2.28. The molecule has 2 rings (SSSR count). The lowest BCUT2D eigenvalue weighted by atomic mass is 10.1. The Bertz CT molecular complexity index is 590. The molecule has 0 bridgehead atoms. The van der Waals surface area contributed by atoms with Gasteiger partial charge in [-0.15, -0.1) is 0 Å². The maximum absolute atomic E-state index is 13.7. The lowest BCUT2D eigenvalue weighted by Gasteiger charge is -2.12. The zero-order valence-corrected chi connectivity index (χ0v) is 15.5. The smallest absolute Gasteiger partial charge is 0.223 e. The number of hydrogen-bond acceptors (Lipinski definition) is 2. The molecular weight excluding hydrogens is 375 g/mol.